The van der Waals surface area contributed by atoms with Gasteiger partial charge >= 0.3 is 11.9 Å². The molecule has 1 aromatic heterocycles. The van der Waals surface area contributed by atoms with Crippen molar-refractivity contribution in [2.75, 3.05) is 0 Å². The molecule has 0 spiro atoms. The fourth-order valence-electron chi connectivity index (χ4n) is 3.31. The highest BCUT2D eigenvalue weighted by molar-refractivity contribution is 5.94. The molecule has 5 nitrogen and oxygen atoms in total. The number of hydrogen-bond donors (Lipinski definition) is 0. The first-order chi connectivity index (χ1) is 15.5. The highest BCUT2D eigenvalue weighted by Gasteiger charge is 2.20. The lowest BCUT2D eigenvalue weighted by Crippen LogP contribution is -2.12. The van der Waals surface area contributed by atoms with E-state index in [4.69, 9.17) is 9.47 Å². The van der Waals surface area contributed by atoms with Gasteiger partial charge in [-0.2, -0.15) is 0 Å². The molecule has 0 fully saturated rings. The predicted molar refractivity (Wildman–Crippen MR) is 122 cm³/mol. The number of hydrogen-bond acceptors (Lipinski definition) is 5. The van der Waals surface area contributed by atoms with Gasteiger partial charge in [0, 0.05) is 6.20 Å². The molecular formula is C27H21NO4. The second kappa shape index (κ2) is 9.27. The van der Waals surface area contributed by atoms with Crippen LogP contribution in [0.3, 0.4) is 0 Å². The number of carbonyl (C=O) groups is 2. The molecule has 0 bridgehead atoms. The van der Waals surface area contributed by atoms with Gasteiger partial charge in [-0.15, -0.1) is 0 Å². The van der Waals surface area contributed by atoms with Crippen LogP contribution >= 0.6 is 0 Å². The standard InChI is InChI=1S/C27H21NO4/c1-18-8-5-10-20(16-18)26(29)31-23-13-7-14-24(25(23)22-12-3-4-15-28-22)32-27(30)21-11-6-9-19(2)17-21/h3-17H,1-2H3. The lowest BCUT2D eigenvalue weighted by molar-refractivity contribution is 0.0734. The molecule has 0 unspecified atom stereocenters. The molecule has 32 heavy (non-hydrogen) atoms. The molecule has 0 aliphatic rings. The maximum Gasteiger partial charge on any atom is 0.343 e. The number of ether oxygens (including phenoxy) is 2. The molecule has 0 radical (unpaired) electrons. The number of carbonyl (C=O) groups excluding carboxylic acids is 2. The summed E-state index contributed by atoms with van der Waals surface area (Å²) < 4.78 is 11.4. The van der Waals surface area contributed by atoms with Crippen molar-refractivity contribution in [2.45, 2.75) is 13.8 Å². The molecule has 0 saturated carbocycles. The van der Waals surface area contributed by atoms with Gasteiger partial charge in [-0.1, -0.05) is 47.5 Å². The van der Waals surface area contributed by atoms with E-state index in [1.165, 1.54) is 0 Å². The van der Waals surface area contributed by atoms with Gasteiger partial charge in [0.1, 0.15) is 11.5 Å². The largest absolute Gasteiger partial charge is 0.422 e. The van der Waals surface area contributed by atoms with Crippen molar-refractivity contribution in [3.8, 4) is 22.8 Å². The molecule has 0 amide bonds. The maximum absolute atomic E-state index is 12.8. The normalized spacial score (nSPS) is 10.4. The van der Waals surface area contributed by atoms with Crippen molar-refractivity contribution in [2.24, 2.45) is 0 Å². The average molecular weight is 423 g/mol. The first kappa shape index (κ1) is 21.0. The Labute approximate surface area is 186 Å². The predicted octanol–water partition coefficient (Wildman–Crippen LogP) is 5.80. The second-order valence-electron chi connectivity index (χ2n) is 7.36. The third-order valence-corrected chi connectivity index (χ3v) is 4.82. The molecule has 158 valence electrons. The summed E-state index contributed by atoms with van der Waals surface area (Å²) in [6, 6.07) is 24.6. The first-order valence-corrected chi connectivity index (χ1v) is 10.1. The highest BCUT2D eigenvalue weighted by atomic mass is 16.5. The quantitative estimate of drug-likeness (QED) is 0.300. The van der Waals surface area contributed by atoms with Crippen LogP contribution in [0.4, 0.5) is 0 Å². The molecule has 0 N–H and O–H groups in total. The summed E-state index contributed by atoms with van der Waals surface area (Å²) in [5.41, 5.74) is 3.70. The van der Waals surface area contributed by atoms with E-state index in [0.29, 0.717) is 22.4 Å². The van der Waals surface area contributed by atoms with E-state index in [2.05, 4.69) is 4.98 Å². The molecule has 0 atom stereocenters. The topological polar surface area (TPSA) is 65.5 Å². The summed E-state index contributed by atoms with van der Waals surface area (Å²) in [4.78, 5) is 30.0. The number of aryl methyl sites for hydroxylation is 2. The van der Waals surface area contributed by atoms with E-state index in [9.17, 15) is 9.59 Å². The number of esters is 2. The number of pyridine rings is 1. The van der Waals surface area contributed by atoms with Crippen LogP contribution in [0.5, 0.6) is 11.5 Å². The molecule has 1 heterocycles. The maximum atomic E-state index is 12.8. The van der Waals surface area contributed by atoms with Crippen molar-refractivity contribution < 1.29 is 19.1 Å². The number of aromatic nitrogens is 1. The fourth-order valence-corrected chi connectivity index (χ4v) is 3.31. The number of nitrogens with zero attached hydrogens (tertiary/aromatic N) is 1. The molecule has 3 aromatic carbocycles. The summed E-state index contributed by atoms with van der Waals surface area (Å²) in [6.45, 7) is 3.81. The number of benzene rings is 3. The van der Waals surface area contributed by atoms with Crippen molar-refractivity contribution in [3.05, 3.63) is 113 Å². The first-order valence-electron chi connectivity index (χ1n) is 10.1. The van der Waals surface area contributed by atoms with Gasteiger partial charge < -0.3 is 9.47 Å². The van der Waals surface area contributed by atoms with Gasteiger partial charge in [-0.3, -0.25) is 4.98 Å². The Kier molecular flexibility index (Phi) is 6.08. The van der Waals surface area contributed by atoms with E-state index in [-0.39, 0.29) is 11.5 Å². The van der Waals surface area contributed by atoms with Crippen LogP contribution < -0.4 is 9.47 Å². The monoisotopic (exact) mass is 423 g/mol. The van der Waals surface area contributed by atoms with E-state index in [1.54, 1.807) is 72.9 Å². The lowest BCUT2D eigenvalue weighted by atomic mass is 10.1. The van der Waals surface area contributed by atoms with Crippen LogP contribution in [-0.4, -0.2) is 16.9 Å². The summed E-state index contributed by atoms with van der Waals surface area (Å²) in [7, 11) is 0. The van der Waals surface area contributed by atoms with E-state index in [1.807, 2.05) is 32.0 Å². The van der Waals surface area contributed by atoms with Crippen LogP contribution in [0.2, 0.25) is 0 Å². The summed E-state index contributed by atoms with van der Waals surface area (Å²) in [5, 5.41) is 0. The summed E-state index contributed by atoms with van der Waals surface area (Å²) in [5.74, 6) is -0.504. The number of rotatable bonds is 5. The summed E-state index contributed by atoms with van der Waals surface area (Å²) >= 11 is 0. The zero-order valence-electron chi connectivity index (χ0n) is 17.7. The van der Waals surface area contributed by atoms with Crippen molar-refractivity contribution in [1.29, 1.82) is 0 Å². The van der Waals surface area contributed by atoms with Crippen LogP contribution in [0.25, 0.3) is 11.3 Å². The Morgan fingerprint density at radius 3 is 1.66 bits per heavy atom. The van der Waals surface area contributed by atoms with Crippen molar-refractivity contribution in [1.82, 2.24) is 4.98 Å². The Morgan fingerprint density at radius 1 is 0.656 bits per heavy atom. The Balaban J connectivity index is 1.72. The van der Waals surface area contributed by atoms with Crippen molar-refractivity contribution in [3.63, 3.8) is 0 Å². The fraction of sp³-hybridized carbons (Fsp3) is 0.0741. The Morgan fingerprint density at radius 2 is 1.19 bits per heavy atom. The smallest absolute Gasteiger partial charge is 0.343 e. The zero-order valence-corrected chi connectivity index (χ0v) is 17.7. The Bertz CT molecular complexity index is 1200. The van der Waals surface area contributed by atoms with E-state index in [0.717, 1.165) is 11.1 Å². The minimum Gasteiger partial charge on any atom is -0.422 e. The van der Waals surface area contributed by atoms with Gasteiger partial charge in [0.15, 0.2) is 0 Å². The molecule has 0 saturated heterocycles. The van der Waals surface area contributed by atoms with Gasteiger partial charge in [0.05, 0.1) is 22.4 Å². The minimum absolute atomic E-state index is 0.254. The molecular weight excluding hydrogens is 402 g/mol. The van der Waals surface area contributed by atoms with Gasteiger partial charge in [0.25, 0.3) is 0 Å². The van der Waals surface area contributed by atoms with Crippen molar-refractivity contribution >= 4 is 11.9 Å². The van der Waals surface area contributed by atoms with Crippen LogP contribution in [0, 0.1) is 13.8 Å². The Hall–Kier alpha value is -4.25. The summed E-state index contributed by atoms with van der Waals surface area (Å²) in [6.07, 6.45) is 1.63. The van der Waals surface area contributed by atoms with Gasteiger partial charge in [0.2, 0.25) is 0 Å². The van der Waals surface area contributed by atoms with Crippen LogP contribution in [-0.2, 0) is 0 Å². The molecule has 4 rings (SSSR count). The van der Waals surface area contributed by atoms with Crippen LogP contribution in [0.15, 0.2) is 91.1 Å². The SMILES string of the molecule is Cc1cccc(C(=O)Oc2cccc(OC(=O)c3cccc(C)c3)c2-c2ccccn2)c1. The van der Waals surface area contributed by atoms with E-state index >= 15 is 0 Å². The molecule has 0 aliphatic carbocycles. The molecule has 0 aliphatic heterocycles. The second-order valence-corrected chi connectivity index (χ2v) is 7.36. The van der Waals surface area contributed by atoms with Gasteiger partial charge in [-0.25, -0.2) is 9.59 Å². The molecule has 4 aromatic rings. The third kappa shape index (κ3) is 4.73. The minimum atomic E-state index is -0.506. The highest BCUT2D eigenvalue weighted by Crippen LogP contribution is 2.38. The molecule has 5 heteroatoms. The lowest BCUT2D eigenvalue weighted by Gasteiger charge is -2.15. The van der Waals surface area contributed by atoms with Crippen LogP contribution in [0.1, 0.15) is 31.8 Å². The third-order valence-electron chi connectivity index (χ3n) is 4.82. The van der Waals surface area contributed by atoms with Gasteiger partial charge in [-0.05, 0) is 62.4 Å². The zero-order chi connectivity index (χ0) is 22.5. The average Bonchev–Trinajstić information content (AvgIpc) is 2.80. The van der Waals surface area contributed by atoms with E-state index < -0.39 is 11.9 Å².